The first-order valence-corrected chi connectivity index (χ1v) is 5.22. The fourth-order valence-electron chi connectivity index (χ4n) is 0.920. The fourth-order valence-corrected chi connectivity index (χ4v) is 1.06. The maximum absolute atomic E-state index is 11.3. The van der Waals surface area contributed by atoms with Gasteiger partial charge in [0.05, 0.1) is 0 Å². The number of rotatable bonds is 2. The molecule has 0 aromatic heterocycles. The van der Waals surface area contributed by atoms with Crippen LogP contribution in [0.4, 0.5) is 5.69 Å². The minimum atomic E-state index is -2.03. The van der Waals surface area contributed by atoms with Crippen molar-refractivity contribution in [1.82, 2.24) is 0 Å². The number of primary amides is 1. The van der Waals surface area contributed by atoms with Gasteiger partial charge in [0.25, 0.3) is 9.70 Å². The first-order chi connectivity index (χ1) is 7.30. The summed E-state index contributed by atoms with van der Waals surface area (Å²) >= 11 is 16.1. The Labute approximate surface area is 107 Å². The number of nitrogens with one attached hydrogen (secondary N) is 1. The van der Waals surface area contributed by atoms with Crippen LogP contribution < -0.4 is 11.1 Å². The molecule has 0 bridgehead atoms. The van der Waals surface area contributed by atoms with Gasteiger partial charge in [0.1, 0.15) is 0 Å². The molecule has 0 saturated heterocycles. The summed E-state index contributed by atoms with van der Waals surface area (Å²) in [5, 5.41) is 2.36. The van der Waals surface area contributed by atoms with E-state index >= 15 is 0 Å². The van der Waals surface area contributed by atoms with Gasteiger partial charge in [-0.1, -0.05) is 34.8 Å². The average molecular weight is 282 g/mol. The van der Waals surface area contributed by atoms with Gasteiger partial charge in [-0.2, -0.15) is 0 Å². The lowest BCUT2D eigenvalue weighted by Gasteiger charge is -2.11. The number of benzene rings is 1. The zero-order chi connectivity index (χ0) is 12.3. The number of halogens is 3. The molecule has 0 spiro atoms. The van der Waals surface area contributed by atoms with E-state index < -0.39 is 15.6 Å². The number of alkyl halides is 3. The van der Waals surface area contributed by atoms with Gasteiger partial charge in [0, 0.05) is 11.3 Å². The van der Waals surface area contributed by atoms with Gasteiger partial charge in [0.15, 0.2) is 0 Å². The normalized spacial score (nSPS) is 10.9. The van der Waals surface area contributed by atoms with Gasteiger partial charge < -0.3 is 11.1 Å². The van der Waals surface area contributed by atoms with Crippen LogP contribution in [0.2, 0.25) is 0 Å². The standard InChI is InChI=1S/C9H7Cl3N2O2/c10-9(11,12)8(16)14-6-3-1-5(2-4-6)7(13)15/h1-4H,(H2,13,15)(H,14,16). The number of hydrogen-bond acceptors (Lipinski definition) is 2. The molecule has 0 fully saturated rings. The van der Waals surface area contributed by atoms with Crippen LogP contribution in [0.1, 0.15) is 10.4 Å². The summed E-state index contributed by atoms with van der Waals surface area (Å²) < 4.78 is -2.03. The largest absolute Gasteiger partial charge is 0.366 e. The molecule has 0 heterocycles. The Morgan fingerprint density at radius 1 is 1.12 bits per heavy atom. The summed E-state index contributed by atoms with van der Waals surface area (Å²) in [5.41, 5.74) is 5.77. The lowest BCUT2D eigenvalue weighted by molar-refractivity contribution is -0.115. The smallest absolute Gasteiger partial charge is 0.276 e. The third kappa shape index (κ3) is 3.56. The molecule has 0 saturated carbocycles. The Balaban J connectivity index is 2.77. The number of amides is 2. The highest BCUT2D eigenvalue weighted by atomic mass is 35.6. The Kier molecular flexibility index (Phi) is 4.02. The predicted octanol–water partition coefficient (Wildman–Crippen LogP) is 2.09. The Hall–Kier alpha value is -0.970. The van der Waals surface area contributed by atoms with Crippen LogP contribution in [-0.2, 0) is 4.79 Å². The van der Waals surface area contributed by atoms with Crippen molar-refractivity contribution in [2.45, 2.75) is 3.79 Å². The zero-order valence-electron chi connectivity index (χ0n) is 7.84. The number of anilines is 1. The zero-order valence-corrected chi connectivity index (χ0v) is 10.1. The molecule has 16 heavy (non-hydrogen) atoms. The van der Waals surface area contributed by atoms with E-state index in [4.69, 9.17) is 40.5 Å². The van der Waals surface area contributed by atoms with Crippen molar-refractivity contribution >= 4 is 52.3 Å². The van der Waals surface area contributed by atoms with Crippen molar-refractivity contribution in [3.05, 3.63) is 29.8 Å². The monoisotopic (exact) mass is 280 g/mol. The number of carbonyl (C=O) groups excluding carboxylic acids is 2. The third-order valence-corrected chi connectivity index (χ3v) is 2.20. The van der Waals surface area contributed by atoms with E-state index in [0.717, 1.165) is 0 Å². The minimum Gasteiger partial charge on any atom is -0.366 e. The van der Waals surface area contributed by atoms with Crippen molar-refractivity contribution in [2.24, 2.45) is 5.73 Å². The van der Waals surface area contributed by atoms with Gasteiger partial charge in [-0.3, -0.25) is 9.59 Å². The Bertz CT molecular complexity index is 412. The summed E-state index contributed by atoms with van der Waals surface area (Å²) in [4.78, 5) is 22.0. The molecular weight excluding hydrogens is 274 g/mol. The molecule has 2 amide bonds. The van der Waals surface area contributed by atoms with Crippen LogP contribution in [-0.4, -0.2) is 15.6 Å². The van der Waals surface area contributed by atoms with E-state index in [1.54, 1.807) is 0 Å². The molecule has 86 valence electrons. The molecule has 0 aliphatic rings. The highest BCUT2D eigenvalue weighted by Crippen LogP contribution is 2.27. The highest BCUT2D eigenvalue weighted by molar-refractivity contribution is 6.76. The summed E-state index contributed by atoms with van der Waals surface area (Å²) in [6.45, 7) is 0. The van der Waals surface area contributed by atoms with Gasteiger partial charge in [-0.15, -0.1) is 0 Å². The maximum Gasteiger partial charge on any atom is 0.276 e. The van der Waals surface area contributed by atoms with Crippen LogP contribution in [0.15, 0.2) is 24.3 Å². The second kappa shape index (κ2) is 4.91. The van der Waals surface area contributed by atoms with Gasteiger partial charge in [-0.05, 0) is 24.3 Å². The Morgan fingerprint density at radius 3 is 2.00 bits per heavy atom. The van der Waals surface area contributed by atoms with E-state index in [-0.39, 0.29) is 0 Å². The second-order valence-electron chi connectivity index (χ2n) is 2.89. The van der Waals surface area contributed by atoms with Crippen LogP contribution >= 0.6 is 34.8 Å². The summed E-state index contributed by atoms with van der Waals surface area (Å²) in [6.07, 6.45) is 0. The van der Waals surface area contributed by atoms with E-state index in [1.165, 1.54) is 24.3 Å². The van der Waals surface area contributed by atoms with Crippen LogP contribution in [0, 0.1) is 0 Å². The van der Waals surface area contributed by atoms with E-state index in [2.05, 4.69) is 5.32 Å². The lowest BCUT2D eigenvalue weighted by atomic mass is 10.2. The van der Waals surface area contributed by atoms with Crippen molar-refractivity contribution in [3.63, 3.8) is 0 Å². The lowest BCUT2D eigenvalue weighted by Crippen LogP contribution is -2.26. The summed E-state index contributed by atoms with van der Waals surface area (Å²) in [6, 6.07) is 5.87. The van der Waals surface area contributed by atoms with E-state index in [1.807, 2.05) is 0 Å². The molecule has 7 heteroatoms. The van der Waals surface area contributed by atoms with Crippen molar-refractivity contribution in [1.29, 1.82) is 0 Å². The molecule has 0 aliphatic heterocycles. The summed E-state index contributed by atoms with van der Waals surface area (Å²) in [5.74, 6) is -1.33. The maximum atomic E-state index is 11.3. The molecule has 4 nitrogen and oxygen atoms in total. The highest BCUT2D eigenvalue weighted by Gasteiger charge is 2.30. The SMILES string of the molecule is NC(=O)c1ccc(NC(=O)C(Cl)(Cl)Cl)cc1. The molecule has 3 N–H and O–H groups in total. The number of carbonyl (C=O) groups is 2. The Morgan fingerprint density at radius 2 is 1.62 bits per heavy atom. The van der Waals surface area contributed by atoms with Gasteiger partial charge in [0.2, 0.25) is 5.91 Å². The van der Waals surface area contributed by atoms with Crippen LogP contribution in [0.5, 0.6) is 0 Å². The molecule has 1 aromatic rings. The molecule has 0 aliphatic carbocycles. The van der Waals surface area contributed by atoms with Crippen molar-refractivity contribution in [2.75, 3.05) is 5.32 Å². The topological polar surface area (TPSA) is 72.2 Å². The molecular formula is C9H7Cl3N2O2. The minimum absolute atomic E-state index is 0.326. The molecule has 1 aromatic carbocycles. The first kappa shape index (κ1) is 13.1. The van der Waals surface area contributed by atoms with Crippen LogP contribution in [0.25, 0.3) is 0 Å². The number of hydrogen-bond donors (Lipinski definition) is 2. The van der Waals surface area contributed by atoms with Gasteiger partial charge >= 0.3 is 0 Å². The summed E-state index contributed by atoms with van der Waals surface area (Å²) in [7, 11) is 0. The van der Waals surface area contributed by atoms with Gasteiger partial charge in [-0.25, -0.2) is 0 Å². The fraction of sp³-hybridized carbons (Fsp3) is 0.111. The van der Waals surface area contributed by atoms with E-state index in [0.29, 0.717) is 11.3 Å². The van der Waals surface area contributed by atoms with Crippen molar-refractivity contribution < 1.29 is 9.59 Å². The van der Waals surface area contributed by atoms with E-state index in [9.17, 15) is 9.59 Å². The predicted molar refractivity (Wildman–Crippen MR) is 63.9 cm³/mol. The second-order valence-corrected chi connectivity index (χ2v) is 5.17. The molecule has 0 radical (unpaired) electrons. The van der Waals surface area contributed by atoms with Crippen molar-refractivity contribution in [3.8, 4) is 0 Å². The first-order valence-electron chi connectivity index (χ1n) is 4.09. The van der Waals surface area contributed by atoms with Crippen LogP contribution in [0.3, 0.4) is 0 Å². The average Bonchev–Trinajstić information content (AvgIpc) is 2.17. The third-order valence-electron chi connectivity index (χ3n) is 1.68. The molecule has 1 rings (SSSR count). The number of nitrogens with two attached hydrogens (primary N) is 1. The quantitative estimate of drug-likeness (QED) is 0.815. The molecule has 0 unspecified atom stereocenters. The molecule has 0 atom stereocenters.